The maximum atomic E-state index is 14.1. The zero-order valence-corrected chi connectivity index (χ0v) is 10.7. The van der Waals surface area contributed by atoms with Crippen LogP contribution < -0.4 is 9.47 Å². The van der Waals surface area contributed by atoms with Gasteiger partial charge in [-0.15, -0.1) is 13.2 Å². The van der Waals surface area contributed by atoms with Gasteiger partial charge in [0.2, 0.25) is 0 Å². The summed E-state index contributed by atoms with van der Waals surface area (Å²) in [5, 5.41) is 0. The van der Waals surface area contributed by atoms with E-state index < -0.39 is 30.3 Å². The van der Waals surface area contributed by atoms with Crippen molar-refractivity contribution in [2.75, 3.05) is 0 Å². The lowest BCUT2D eigenvalue weighted by Gasteiger charge is -2.15. The minimum atomic E-state index is -4.97. The molecule has 22 heavy (non-hydrogen) atoms. The fourth-order valence-corrected chi connectivity index (χ4v) is 1.81. The molecule has 0 aliphatic carbocycles. The lowest BCUT2D eigenvalue weighted by Crippen LogP contribution is -2.17. The largest absolute Gasteiger partial charge is 0.573 e. The molecule has 0 N–H and O–H groups in total. The molecule has 0 saturated heterocycles. The first-order valence-electron chi connectivity index (χ1n) is 5.86. The summed E-state index contributed by atoms with van der Waals surface area (Å²) in [6.45, 7) is -3.26. The fraction of sp³-hybridized carbons (Fsp3) is 0.143. The molecular formula is C14H8F6O2. The topological polar surface area (TPSA) is 18.5 Å². The van der Waals surface area contributed by atoms with E-state index in [1.165, 1.54) is 24.3 Å². The Hall–Kier alpha value is -2.38. The molecule has 0 aliphatic rings. The summed E-state index contributed by atoms with van der Waals surface area (Å²) in [7, 11) is 0. The molecule has 2 nitrogen and oxygen atoms in total. The molecule has 0 amide bonds. The minimum Gasteiger partial charge on any atom is -0.432 e. The summed E-state index contributed by atoms with van der Waals surface area (Å²) in [5.74, 6) is -2.63. The van der Waals surface area contributed by atoms with Crippen molar-refractivity contribution in [3.05, 3.63) is 48.3 Å². The maximum Gasteiger partial charge on any atom is 0.573 e. The van der Waals surface area contributed by atoms with Gasteiger partial charge in [-0.2, -0.15) is 8.78 Å². The molecule has 0 bridgehead atoms. The van der Waals surface area contributed by atoms with Crippen LogP contribution in [0.2, 0.25) is 0 Å². The molecule has 0 aromatic heterocycles. The van der Waals surface area contributed by atoms with Gasteiger partial charge in [0.05, 0.1) is 0 Å². The summed E-state index contributed by atoms with van der Waals surface area (Å²) < 4.78 is 83.3. The molecule has 0 spiro atoms. The van der Waals surface area contributed by atoms with Crippen molar-refractivity contribution in [3.63, 3.8) is 0 Å². The summed E-state index contributed by atoms with van der Waals surface area (Å²) >= 11 is 0. The van der Waals surface area contributed by atoms with Crippen molar-refractivity contribution in [1.29, 1.82) is 0 Å². The normalized spacial score (nSPS) is 11.6. The van der Waals surface area contributed by atoms with Crippen LogP contribution in [-0.4, -0.2) is 13.0 Å². The molecule has 0 radical (unpaired) electrons. The van der Waals surface area contributed by atoms with Gasteiger partial charge in [0.1, 0.15) is 5.75 Å². The molecule has 118 valence electrons. The van der Waals surface area contributed by atoms with Crippen molar-refractivity contribution in [1.82, 2.24) is 0 Å². The van der Waals surface area contributed by atoms with E-state index in [-0.39, 0.29) is 11.1 Å². The number of ether oxygens (including phenoxy) is 2. The molecule has 8 heteroatoms. The predicted octanol–water partition coefficient (Wildman–Crippen LogP) is 4.99. The third-order valence-corrected chi connectivity index (χ3v) is 2.58. The van der Waals surface area contributed by atoms with Crippen LogP contribution in [0.5, 0.6) is 11.5 Å². The first-order valence-corrected chi connectivity index (χ1v) is 5.86. The maximum absolute atomic E-state index is 14.1. The van der Waals surface area contributed by atoms with Gasteiger partial charge < -0.3 is 9.47 Å². The highest BCUT2D eigenvalue weighted by Gasteiger charge is 2.32. The third-order valence-electron chi connectivity index (χ3n) is 2.58. The van der Waals surface area contributed by atoms with Gasteiger partial charge in [0, 0.05) is 11.1 Å². The van der Waals surface area contributed by atoms with E-state index in [1.807, 2.05) is 0 Å². The van der Waals surface area contributed by atoms with Crippen molar-refractivity contribution in [2.45, 2.75) is 13.0 Å². The van der Waals surface area contributed by atoms with Gasteiger partial charge in [-0.25, -0.2) is 4.39 Å². The molecule has 0 saturated carbocycles. The van der Waals surface area contributed by atoms with E-state index >= 15 is 0 Å². The Morgan fingerprint density at radius 2 is 1.41 bits per heavy atom. The summed E-state index contributed by atoms with van der Waals surface area (Å²) in [6, 6.07) is 8.04. The average molecular weight is 322 g/mol. The fourth-order valence-electron chi connectivity index (χ4n) is 1.81. The molecule has 0 aliphatic heterocycles. The Labute approximate surface area is 120 Å². The van der Waals surface area contributed by atoms with Crippen LogP contribution in [0.3, 0.4) is 0 Å². The van der Waals surface area contributed by atoms with Gasteiger partial charge in [-0.3, -0.25) is 0 Å². The van der Waals surface area contributed by atoms with Crippen LogP contribution in [0.1, 0.15) is 0 Å². The third kappa shape index (κ3) is 3.84. The van der Waals surface area contributed by atoms with E-state index in [9.17, 15) is 26.3 Å². The molecule has 0 atom stereocenters. The standard InChI is InChI=1S/C14H8F6O2/c15-12-9(5-3-7-11(12)21-13(16)17)8-4-1-2-6-10(8)22-14(18,19)20/h1-7,13H. The number of alkyl halides is 5. The second kappa shape index (κ2) is 6.17. The van der Waals surface area contributed by atoms with Crippen molar-refractivity contribution >= 4 is 0 Å². The molecule has 0 unspecified atom stereocenters. The Kier molecular flexibility index (Phi) is 4.48. The first kappa shape index (κ1) is 16.0. The zero-order chi connectivity index (χ0) is 16.3. The van der Waals surface area contributed by atoms with Crippen LogP contribution >= 0.6 is 0 Å². The molecule has 2 aromatic carbocycles. The summed E-state index contributed by atoms with van der Waals surface area (Å²) in [6.07, 6.45) is -4.97. The number of hydrogen-bond acceptors (Lipinski definition) is 2. The summed E-state index contributed by atoms with van der Waals surface area (Å²) in [4.78, 5) is 0. The Morgan fingerprint density at radius 3 is 2.05 bits per heavy atom. The monoisotopic (exact) mass is 322 g/mol. The Balaban J connectivity index is 2.49. The van der Waals surface area contributed by atoms with E-state index in [2.05, 4.69) is 9.47 Å². The van der Waals surface area contributed by atoms with E-state index in [0.717, 1.165) is 18.2 Å². The second-order valence-electron chi connectivity index (χ2n) is 4.04. The molecule has 2 rings (SSSR count). The van der Waals surface area contributed by atoms with E-state index in [4.69, 9.17) is 0 Å². The lowest BCUT2D eigenvalue weighted by atomic mass is 10.0. The second-order valence-corrected chi connectivity index (χ2v) is 4.04. The molecule has 2 aromatic rings. The van der Waals surface area contributed by atoms with Crippen LogP contribution in [0.15, 0.2) is 42.5 Å². The lowest BCUT2D eigenvalue weighted by molar-refractivity contribution is -0.274. The van der Waals surface area contributed by atoms with E-state index in [0.29, 0.717) is 0 Å². The summed E-state index contributed by atoms with van der Waals surface area (Å²) in [5.41, 5.74) is -0.588. The van der Waals surface area contributed by atoms with Crippen LogP contribution in [-0.2, 0) is 0 Å². The number of halogens is 6. The van der Waals surface area contributed by atoms with Crippen molar-refractivity contribution in [3.8, 4) is 22.6 Å². The minimum absolute atomic E-state index is 0.239. The SMILES string of the molecule is Fc1c(OC(F)F)cccc1-c1ccccc1OC(F)(F)F. The highest BCUT2D eigenvalue weighted by molar-refractivity contribution is 5.72. The van der Waals surface area contributed by atoms with Gasteiger partial charge in [-0.05, 0) is 12.1 Å². The van der Waals surface area contributed by atoms with Crippen LogP contribution in [0.4, 0.5) is 26.3 Å². The highest BCUT2D eigenvalue weighted by atomic mass is 19.4. The van der Waals surface area contributed by atoms with Crippen molar-refractivity contribution in [2.24, 2.45) is 0 Å². The van der Waals surface area contributed by atoms with Gasteiger partial charge in [0.15, 0.2) is 11.6 Å². The first-order chi connectivity index (χ1) is 10.3. The number of benzene rings is 2. The number of hydrogen-bond donors (Lipinski definition) is 0. The van der Waals surface area contributed by atoms with Gasteiger partial charge in [-0.1, -0.05) is 30.3 Å². The van der Waals surface area contributed by atoms with Crippen LogP contribution in [0.25, 0.3) is 11.1 Å². The Bertz CT molecular complexity index is 654. The van der Waals surface area contributed by atoms with Crippen LogP contribution in [0, 0.1) is 5.82 Å². The van der Waals surface area contributed by atoms with Gasteiger partial charge >= 0.3 is 13.0 Å². The quantitative estimate of drug-likeness (QED) is 0.738. The number of rotatable bonds is 4. The molecule has 0 fully saturated rings. The molecule has 0 heterocycles. The van der Waals surface area contributed by atoms with E-state index in [1.54, 1.807) is 0 Å². The smallest absolute Gasteiger partial charge is 0.432 e. The molecular weight excluding hydrogens is 314 g/mol. The predicted molar refractivity (Wildman–Crippen MR) is 65.2 cm³/mol. The van der Waals surface area contributed by atoms with Crippen molar-refractivity contribution < 1.29 is 35.8 Å². The average Bonchev–Trinajstić information content (AvgIpc) is 2.40. The van der Waals surface area contributed by atoms with Gasteiger partial charge in [0.25, 0.3) is 0 Å². The number of para-hydroxylation sites is 1. The Morgan fingerprint density at radius 1 is 0.818 bits per heavy atom. The highest BCUT2D eigenvalue weighted by Crippen LogP contribution is 2.37. The zero-order valence-electron chi connectivity index (χ0n) is 10.7.